The summed E-state index contributed by atoms with van der Waals surface area (Å²) in [5, 5.41) is 20.6. The Morgan fingerprint density at radius 3 is 2.86 bits per heavy atom. The molecule has 2 fully saturated rings. The van der Waals surface area contributed by atoms with Gasteiger partial charge in [0.1, 0.15) is 0 Å². The molecule has 0 bridgehead atoms. The van der Waals surface area contributed by atoms with Crippen LogP contribution in [0.2, 0.25) is 0 Å². The lowest BCUT2D eigenvalue weighted by atomic mass is 10.1. The molecule has 1 aliphatic carbocycles. The molecule has 2 aliphatic rings. The molecule has 0 aromatic heterocycles. The molecule has 0 radical (unpaired) electrons. The van der Waals surface area contributed by atoms with Crippen LogP contribution in [0.25, 0.3) is 0 Å². The first-order chi connectivity index (χ1) is 10.6. The third kappa shape index (κ3) is 3.05. The van der Waals surface area contributed by atoms with Crippen molar-refractivity contribution in [2.75, 3.05) is 24.6 Å². The van der Waals surface area contributed by atoms with Crippen LogP contribution in [0, 0.1) is 10.1 Å². The van der Waals surface area contributed by atoms with Gasteiger partial charge in [0.25, 0.3) is 5.69 Å². The number of aliphatic hydroxyl groups excluding tert-OH is 1. The molecule has 1 heterocycles. The zero-order valence-electron chi connectivity index (χ0n) is 12.0. The number of rotatable bonds is 4. The summed E-state index contributed by atoms with van der Waals surface area (Å²) in [7, 11) is 1.49. The van der Waals surface area contributed by atoms with Crippen molar-refractivity contribution < 1.29 is 14.8 Å². The zero-order valence-corrected chi connectivity index (χ0v) is 13.7. The van der Waals surface area contributed by atoms with Crippen molar-refractivity contribution in [3.05, 3.63) is 33.9 Å². The van der Waals surface area contributed by atoms with Crippen LogP contribution < -0.4 is 4.90 Å². The smallest absolute Gasteiger partial charge is 0.271 e. The Kier molecular flexibility index (Phi) is 4.54. The van der Waals surface area contributed by atoms with Gasteiger partial charge in [-0.3, -0.25) is 10.1 Å². The number of nitro benzene ring substituents is 1. The van der Waals surface area contributed by atoms with Gasteiger partial charge in [0, 0.05) is 30.9 Å². The van der Waals surface area contributed by atoms with Gasteiger partial charge in [-0.25, -0.2) is 0 Å². The molecule has 0 amide bonds. The van der Waals surface area contributed by atoms with E-state index in [2.05, 4.69) is 16.6 Å². The minimum absolute atomic E-state index is 0.00271. The average Bonchev–Trinajstić information content (AvgIpc) is 3.33. The summed E-state index contributed by atoms with van der Waals surface area (Å²) in [6.07, 6.45) is 2.10. The van der Waals surface area contributed by atoms with E-state index in [0.717, 1.165) is 25.1 Å². The molecule has 3 rings (SSSR count). The van der Waals surface area contributed by atoms with E-state index >= 15 is 0 Å². The predicted octanol–water partition coefficient (Wildman–Crippen LogP) is 2.40. The molecule has 1 spiro atoms. The van der Waals surface area contributed by atoms with Crippen molar-refractivity contribution in [2.24, 2.45) is 0 Å². The fourth-order valence-electron chi connectivity index (χ4n) is 2.90. The van der Waals surface area contributed by atoms with Crippen LogP contribution in [0.3, 0.4) is 0 Å². The lowest BCUT2D eigenvalue weighted by Gasteiger charge is -2.27. The second kappa shape index (κ2) is 6.27. The Labute approximate surface area is 137 Å². The number of aliphatic hydroxyl groups is 1. The molecule has 1 saturated heterocycles. The molecule has 8 heteroatoms. The largest absolute Gasteiger partial charge is 0.392 e. The third-order valence-electron chi connectivity index (χ3n) is 4.31. The van der Waals surface area contributed by atoms with E-state index in [0.29, 0.717) is 18.7 Å². The molecular weight excluding hydrogens is 324 g/mol. The number of nitrogens with zero attached hydrogens (tertiary/aromatic N) is 2. The summed E-state index contributed by atoms with van der Waals surface area (Å²) in [5.74, 6) is 0. The first-order valence-corrected chi connectivity index (χ1v) is 9.09. The number of hydrogen-bond acceptors (Lipinski definition) is 7. The van der Waals surface area contributed by atoms with E-state index in [4.69, 9.17) is 4.74 Å². The minimum Gasteiger partial charge on any atom is -0.392 e. The molecule has 6 nitrogen and oxygen atoms in total. The number of thiol groups is 1. The van der Waals surface area contributed by atoms with Crippen LogP contribution in [0.5, 0.6) is 0 Å². The number of hydrogen-bond donors (Lipinski definition) is 2. The van der Waals surface area contributed by atoms with Crippen LogP contribution in [-0.4, -0.2) is 40.6 Å². The summed E-state index contributed by atoms with van der Waals surface area (Å²) in [5.41, 5.74) is 1.24. The van der Waals surface area contributed by atoms with Gasteiger partial charge in [0.15, 0.2) is 0 Å². The molecule has 22 heavy (non-hydrogen) atoms. The third-order valence-corrected chi connectivity index (χ3v) is 5.91. The quantitative estimate of drug-likeness (QED) is 0.379. The number of non-ortho nitro benzene ring substituents is 1. The maximum Gasteiger partial charge on any atom is 0.271 e. The Morgan fingerprint density at radius 1 is 1.50 bits per heavy atom. The van der Waals surface area contributed by atoms with Gasteiger partial charge in [-0.2, -0.15) is 0 Å². The molecule has 1 atom stereocenters. The topological polar surface area (TPSA) is 75.8 Å². The summed E-state index contributed by atoms with van der Waals surface area (Å²) in [6, 6.07) is 4.77. The van der Waals surface area contributed by atoms with Crippen LogP contribution in [0.15, 0.2) is 18.2 Å². The van der Waals surface area contributed by atoms with Crippen LogP contribution >= 0.6 is 22.5 Å². The summed E-state index contributed by atoms with van der Waals surface area (Å²) >= 11 is 4.37. The number of benzene rings is 1. The molecular formula is C14H18N2O4S2. The average molecular weight is 342 g/mol. The molecule has 1 unspecified atom stereocenters. The Hall–Kier alpha value is -0.960. The summed E-state index contributed by atoms with van der Waals surface area (Å²) in [4.78, 5) is 12.7. The highest BCUT2D eigenvalue weighted by atomic mass is 33.1. The summed E-state index contributed by atoms with van der Waals surface area (Å²) < 4.78 is 6.00. The Morgan fingerprint density at radius 2 is 2.27 bits per heavy atom. The van der Waals surface area contributed by atoms with Crippen molar-refractivity contribution >= 4 is 33.8 Å². The van der Waals surface area contributed by atoms with Gasteiger partial charge in [-0.05, 0) is 24.5 Å². The Balaban J connectivity index is 1.89. The fraction of sp³-hybridized carbons (Fsp3) is 0.571. The molecule has 1 saturated carbocycles. The monoisotopic (exact) mass is 342 g/mol. The van der Waals surface area contributed by atoms with Gasteiger partial charge in [0.05, 0.1) is 29.0 Å². The van der Waals surface area contributed by atoms with Gasteiger partial charge in [-0.1, -0.05) is 10.8 Å². The molecule has 120 valence electrons. The number of anilines is 1. The SMILES string of the molecule is O=[N+]([O-])c1cc(CO)cc(N2CCOC3(CC3)C(SS)C2)c1. The van der Waals surface area contributed by atoms with Gasteiger partial charge >= 0.3 is 0 Å². The van der Waals surface area contributed by atoms with Gasteiger partial charge < -0.3 is 14.7 Å². The first-order valence-electron chi connectivity index (χ1n) is 7.16. The second-order valence-electron chi connectivity index (χ2n) is 5.73. The van der Waals surface area contributed by atoms with Crippen LogP contribution in [0.1, 0.15) is 18.4 Å². The summed E-state index contributed by atoms with van der Waals surface area (Å²) in [6.45, 7) is 1.80. The van der Waals surface area contributed by atoms with E-state index in [1.54, 1.807) is 12.1 Å². The van der Waals surface area contributed by atoms with Crippen molar-refractivity contribution in [3.8, 4) is 0 Å². The lowest BCUT2D eigenvalue weighted by molar-refractivity contribution is -0.384. The van der Waals surface area contributed by atoms with E-state index in [-0.39, 0.29) is 23.1 Å². The van der Waals surface area contributed by atoms with Gasteiger partial charge in [0.2, 0.25) is 0 Å². The molecule has 1 N–H and O–H groups in total. The van der Waals surface area contributed by atoms with E-state index in [1.165, 1.54) is 16.9 Å². The molecule has 1 aliphatic heterocycles. The molecule has 1 aromatic rings. The van der Waals surface area contributed by atoms with Crippen LogP contribution in [-0.2, 0) is 11.3 Å². The van der Waals surface area contributed by atoms with E-state index in [1.807, 2.05) is 0 Å². The maximum absolute atomic E-state index is 11.1. The molecule has 1 aromatic carbocycles. The fourth-order valence-corrected chi connectivity index (χ4v) is 4.42. The minimum atomic E-state index is -0.426. The standard InChI is InChI=1S/C14H18N2O4S2/c17-9-10-5-11(7-12(6-10)16(18)19)15-3-4-20-14(1-2-14)13(8-15)22-21/h5-7,13,17,21H,1-4,8-9H2. The van der Waals surface area contributed by atoms with Crippen LogP contribution in [0.4, 0.5) is 11.4 Å². The zero-order chi connectivity index (χ0) is 15.7. The van der Waals surface area contributed by atoms with Crippen molar-refractivity contribution in [1.82, 2.24) is 0 Å². The normalized spacial score (nSPS) is 23.4. The first kappa shape index (κ1) is 15.9. The van der Waals surface area contributed by atoms with E-state index < -0.39 is 4.92 Å². The van der Waals surface area contributed by atoms with Crippen molar-refractivity contribution in [2.45, 2.75) is 30.3 Å². The van der Waals surface area contributed by atoms with E-state index in [9.17, 15) is 15.2 Å². The highest BCUT2D eigenvalue weighted by Gasteiger charge is 2.52. The van der Waals surface area contributed by atoms with Crippen molar-refractivity contribution in [1.29, 1.82) is 0 Å². The number of nitro groups is 1. The Bertz CT molecular complexity index is 580. The second-order valence-corrected chi connectivity index (χ2v) is 7.14. The highest BCUT2D eigenvalue weighted by molar-refractivity contribution is 8.68. The number of ether oxygens (including phenoxy) is 1. The van der Waals surface area contributed by atoms with Crippen molar-refractivity contribution in [3.63, 3.8) is 0 Å². The predicted molar refractivity (Wildman–Crippen MR) is 89.5 cm³/mol. The highest BCUT2D eigenvalue weighted by Crippen LogP contribution is 2.49. The van der Waals surface area contributed by atoms with Gasteiger partial charge in [-0.15, -0.1) is 11.7 Å². The maximum atomic E-state index is 11.1. The lowest BCUT2D eigenvalue weighted by Crippen LogP contribution is -2.35.